The fourth-order valence-electron chi connectivity index (χ4n) is 3.84. The maximum atomic E-state index is 13.6. The molecule has 0 spiro atoms. The van der Waals surface area contributed by atoms with Crippen LogP contribution in [-0.2, 0) is 9.53 Å². The number of hydrogen-bond donors (Lipinski definition) is 1. The SMILES string of the molecule is CCOC(=O)C1=C(C)N=c2s/c(=C\c3cc(Br)c(O)c(OC)c3)c(=O)n2[C@@H]1c1ccc(C)cc1. The van der Waals surface area contributed by atoms with Crippen molar-refractivity contribution in [2.45, 2.75) is 26.8 Å². The number of benzene rings is 2. The first kappa shape index (κ1) is 24.0. The standard InChI is InChI=1S/C25H23BrN2O5S/c1-5-33-24(31)20-14(3)27-25-28(21(20)16-8-6-13(2)7-9-16)23(30)19(34-25)12-15-10-17(26)22(29)18(11-15)32-4/h6-12,21,29H,5H2,1-4H3/b19-12-/t21-/m1/s1. The zero-order valence-electron chi connectivity index (χ0n) is 19.1. The second-order valence-electron chi connectivity index (χ2n) is 7.77. The average molecular weight is 543 g/mol. The molecular formula is C25H23BrN2O5S. The number of rotatable bonds is 5. The molecule has 0 saturated heterocycles. The number of allylic oxidation sites excluding steroid dienone is 1. The predicted octanol–water partition coefficient (Wildman–Crippen LogP) is 3.58. The van der Waals surface area contributed by atoms with Crippen LogP contribution in [0.4, 0.5) is 0 Å². The summed E-state index contributed by atoms with van der Waals surface area (Å²) < 4.78 is 13.0. The molecule has 1 aromatic heterocycles. The van der Waals surface area contributed by atoms with E-state index in [0.29, 0.717) is 30.6 Å². The number of aromatic hydroxyl groups is 1. The van der Waals surface area contributed by atoms with Crippen LogP contribution < -0.4 is 19.6 Å². The Hall–Kier alpha value is -3.17. The summed E-state index contributed by atoms with van der Waals surface area (Å²) in [5.41, 5.74) is 3.13. The third-order valence-corrected chi connectivity index (χ3v) is 7.07. The van der Waals surface area contributed by atoms with Crippen molar-refractivity contribution in [3.05, 3.63) is 88.5 Å². The first-order valence-electron chi connectivity index (χ1n) is 10.6. The lowest BCUT2D eigenvalue weighted by Gasteiger charge is -2.24. The van der Waals surface area contributed by atoms with Crippen LogP contribution in [0.25, 0.3) is 6.08 Å². The van der Waals surface area contributed by atoms with Gasteiger partial charge >= 0.3 is 5.97 Å². The van der Waals surface area contributed by atoms with E-state index in [4.69, 9.17) is 9.47 Å². The van der Waals surface area contributed by atoms with Gasteiger partial charge in [-0.15, -0.1) is 0 Å². The van der Waals surface area contributed by atoms with Gasteiger partial charge in [0, 0.05) is 0 Å². The number of nitrogens with zero attached hydrogens (tertiary/aromatic N) is 2. The molecule has 0 fully saturated rings. The Balaban J connectivity index is 1.95. The van der Waals surface area contributed by atoms with Gasteiger partial charge < -0.3 is 14.6 Å². The minimum atomic E-state index is -0.654. The summed E-state index contributed by atoms with van der Waals surface area (Å²) in [6.45, 7) is 5.70. The molecule has 0 unspecified atom stereocenters. The van der Waals surface area contributed by atoms with Crippen LogP contribution in [-0.4, -0.2) is 29.4 Å². The maximum Gasteiger partial charge on any atom is 0.338 e. The molecule has 0 radical (unpaired) electrons. The average Bonchev–Trinajstić information content (AvgIpc) is 3.10. The second-order valence-corrected chi connectivity index (χ2v) is 9.63. The van der Waals surface area contributed by atoms with Crippen LogP contribution in [0, 0.1) is 6.92 Å². The van der Waals surface area contributed by atoms with Gasteiger partial charge in [0.25, 0.3) is 5.56 Å². The highest BCUT2D eigenvalue weighted by Crippen LogP contribution is 2.35. The lowest BCUT2D eigenvalue weighted by atomic mass is 9.95. The van der Waals surface area contributed by atoms with Crippen molar-refractivity contribution < 1.29 is 19.4 Å². The van der Waals surface area contributed by atoms with E-state index < -0.39 is 12.0 Å². The molecule has 9 heteroatoms. The Morgan fingerprint density at radius 1 is 1.26 bits per heavy atom. The third-order valence-electron chi connectivity index (χ3n) is 5.48. The van der Waals surface area contributed by atoms with Gasteiger partial charge in [-0.05, 0) is 66.0 Å². The molecule has 34 heavy (non-hydrogen) atoms. The molecule has 2 aromatic carbocycles. The lowest BCUT2D eigenvalue weighted by Crippen LogP contribution is -2.39. The minimum absolute atomic E-state index is 0.0183. The van der Waals surface area contributed by atoms with Crippen LogP contribution in [0.3, 0.4) is 0 Å². The number of phenolic OH excluding ortho intramolecular Hbond substituents is 1. The summed E-state index contributed by atoms with van der Waals surface area (Å²) in [5.74, 6) is -0.225. The van der Waals surface area contributed by atoms with Crippen molar-refractivity contribution in [3.8, 4) is 11.5 Å². The molecule has 0 amide bonds. The Morgan fingerprint density at radius 3 is 2.62 bits per heavy atom. The smallest absolute Gasteiger partial charge is 0.338 e. The maximum absolute atomic E-state index is 13.6. The molecule has 1 N–H and O–H groups in total. The van der Waals surface area contributed by atoms with Crippen molar-refractivity contribution in [1.29, 1.82) is 0 Å². The van der Waals surface area contributed by atoms with E-state index in [1.165, 1.54) is 18.4 Å². The Kier molecular flexibility index (Phi) is 6.77. The zero-order chi connectivity index (χ0) is 24.6. The van der Waals surface area contributed by atoms with Gasteiger partial charge in [0.15, 0.2) is 16.3 Å². The summed E-state index contributed by atoms with van der Waals surface area (Å²) in [4.78, 5) is 31.6. The minimum Gasteiger partial charge on any atom is -0.503 e. The van der Waals surface area contributed by atoms with E-state index in [1.807, 2.05) is 31.2 Å². The number of methoxy groups -OCH3 is 1. The molecule has 3 aromatic rings. The number of ether oxygens (including phenoxy) is 2. The van der Waals surface area contributed by atoms with Gasteiger partial charge in [0.2, 0.25) is 0 Å². The molecule has 4 rings (SSSR count). The van der Waals surface area contributed by atoms with Crippen molar-refractivity contribution in [3.63, 3.8) is 0 Å². The molecule has 2 heterocycles. The van der Waals surface area contributed by atoms with Crippen LogP contribution >= 0.6 is 27.3 Å². The van der Waals surface area contributed by atoms with Gasteiger partial charge in [-0.1, -0.05) is 41.2 Å². The number of carbonyl (C=O) groups excluding carboxylic acids is 1. The summed E-state index contributed by atoms with van der Waals surface area (Å²) in [6.07, 6.45) is 1.71. The first-order chi connectivity index (χ1) is 16.2. The van der Waals surface area contributed by atoms with E-state index in [-0.39, 0.29) is 23.7 Å². The molecule has 1 aliphatic heterocycles. The topological polar surface area (TPSA) is 90.1 Å². The van der Waals surface area contributed by atoms with E-state index in [1.54, 1.807) is 36.6 Å². The molecular weight excluding hydrogens is 520 g/mol. The van der Waals surface area contributed by atoms with E-state index in [2.05, 4.69) is 20.9 Å². The molecule has 176 valence electrons. The fraction of sp³-hybridized carbons (Fsp3) is 0.240. The number of phenols is 1. The molecule has 0 saturated carbocycles. The number of thiazole rings is 1. The number of fused-ring (bicyclic) bond motifs is 1. The van der Waals surface area contributed by atoms with Crippen LogP contribution in [0.5, 0.6) is 11.5 Å². The largest absolute Gasteiger partial charge is 0.503 e. The first-order valence-corrected chi connectivity index (χ1v) is 12.2. The fourth-order valence-corrected chi connectivity index (χ4v) is 5.35. The van der Waals surface area contributed by atoms with Crippen LogP contribution in [0.2, 0.25) is 0 Å². The number of aromatic nitrogens is 1. The number of halogens is 1. The summed E-state index contributed by atoms with van der Waals surface area (Å²) in [7, 11) is 1.46. The second kappa shape index (κ2) is 9.60. The van der Waals surface area contributed by atoms with E-state index >= 15 is 0 Å². The molecule has 1 aliphatic rings. The van der Waals surface area contributed by atoms with Gasteiger partial charge in [-0.25, -0.2) is 9.79 Å². The normalized spacial score (nSPS) is 15.7. The Bertz CT molecular complexity index is 1490. The van der Waals surface area contributed by atoms with Crippen LogP contribution in [0.15, 0.2) is 61.9 Å². The van der Waals surface area contributed by atoms with Gasteiger partial charge in [0.05, 0.1) is 40.0 Å². The number of hydrogen-bond acceptors (Lipinski definition) is 7. The van der Waals surface area contributed by atoms with Crippen molar-refractivity contribution in [1.82, 2.24) is 4.57 Å². The predicted molar refractivity (Wildman–Crippen MR) is 134 cm³/mol. The van der Waals surface area contributed by atoms with Crippen molar-refractivity contribution >= 4 is 39.3 Å². The molecule has 0 bridgehead atoms. The monoisotopic (exact) mass is 542 g/mol. The van der Waals surface area contributed by atoms with Crippen molar-refractivity contribution in [2.24, 2.45) is 4.99 Å². The molecule has 7 nitrogen and oxygen atoms in total. The number of esters is 1. The quantitative estimate of drug-likeness (QED) is 0.497. The van der Waals surface area contributed by atoms with Gasteiger partial charge in [-0.2, -0.15) is 0 Å². The highest BCUT2D eigenvalue weighted by Gasteiger charge is 2.33. The lowest BCUT2D eigenvalue weighted by molar-refractivity contribution is -0.139. The molecule has 0 aliphatic carbocycles. The summed E-state index contributed by atoms with van der Waals surface area (Å²) in [6, 6.07) is 10.4. The molecule has 1 atom stereocenters. The highest BCUT2D eigenvalue weighted by molar-refractivity contribution is 9.10. The third kappa shape index (κ3) is 4.33. The van der Waals surface area contributed by atoms with Crippen molar-refractivity contribution in [2.75, 3.05) is 13.7 Å². The van der Waals surface area contributed by atoms with Gasteiger partial charge in [0.1, 0.15) is 0 Å². The van der Waals surface area contributed by atoms with E-state index in [0.717, 1.165) is 11.1 Å². The van der Waals surface area contributed by atoms with E-state index in [9.17, 15) is 14.7 Å². The highest BCUT2D eigenvalue weighted by atomic mass is 79.9. The number of aryl methyl sites for hydroxylation is 1. The summed E-state index contributed by atoms with van der Waals surface area (Å²) in [5, 5.41) is 10.1. The number of carbonyl (C=O) groups is 1. The van der Waals surface area contributed by atoms with Crippen LogP contribution in [0.1, 0.15) is 36.6 Å². The zero-order valence-corrected chi connectivity index (χ0v) is 21.5. The Labute approximate surface area is 208 Å². The summed E-state index contributed by atoms with van der Waals surface area (Å²) >= 11 is 4.55. The Morgan fingerprint density at radius 2 is 1.97 bits per heavy atom. The van der Waals surface area contributed by atoms with Gasteiger partial charge in [-0.3, -0.25) is 9.36 Å².